The van der Waals surface area contributed by atoms with E-state index in [-0.39, 0.29) is 5.91 Å². The van der Waals surface area contributed by atoms with Gasteiger partial charge < -0.3 is 9.88 Å². The number of H-pyrrole nitrogens is 1. The molecule has 0 bridgehead atoms. The van der Waals surface area contributed by atoms with Gasteiger partial charge in [0.05, 0.1) is 6.42 Å². The first-order chi connectivity index (χ1) is 11.3. The minimum Gasteiger partial charge on any atom is -0.346 e. The van der Waals surface area contributed by atoms with Crippen LogP contribution in [0.15, 0.2) is 49.1 Å². The van der Waals surface area contributed by atoms with Crippen molar-refractivity contribution < 1.29 is 4.79 Å². The molecule has 3 aromatic rings. The van der Waals surface area contributed by atoms with Gasteiger partial charge in [-0.15, -0.1) is 0 Å². The highest BCUT2D eigenvalue weighted by atomic mass is 16.2. The summed E-state index contributed by atoms with van der Waals surface area (Å²) >= 11 is 0. The average Bonchev–Trinajstić information content (AvgIpc) is 3.35. The number of aromatic nitrogens is 3. The van der Waals surface area contributed by atoms with Crippen molar-refractivity contribution in [1.29, 1.82) is 0 Å². The standard InChI is InChI=1S/C18H18N4O/c23-17(9-14-11-21-18-16(14)4-2-8-20-18)22(15-5-6-15)12-13-3-1-7-19-10-13/h1-4,7-8,10-11,15H,5-6,9,12H2,(H,20,21). The quantitative estimate of drug-likeness (QED) is 0.788. The summed E-state index contributed by atoms with van der Waals surface area (Å²) < 4.78 is 0. The zero-order chi connectivity index (χ0) is 15.6. The van der Waals surface area contributed by atoms with Crippen LogP contribution >= 0.6 is 0 Å². The Morgan fingerprint density at radius 2 is 2.13 bits per heavy atom. The predicted molar refractivity (Wildman–Crippen MR) is 87.6 cm³/mol. The van der Waals surface area contributed by atoms with Crippen LogP contribution in [-0.4, -0.2) is 31.8 Å². The van der Waals surface area contributed by atoms with Crippen LogP contribution in [0.5, 0.6) is 0 Å². The topological polar surface area (TPSA) is 61.9 Å². The van der Waals surface area contributed by atoms with E-state index in [1.54, 1.807) is 12.4 Å². The first-order valence-corrected chi connectivity index (χ1v) is 7.90. The molecule has 3 heterocycles. The SMILES string of the molecule is O=C(Cc1c[nH]c2ncccc12)N(Cc1cccnc1)C1CC1. The van der Waals surface area contributed by atoms with Gasteiger partial charge in [-0.2, -0.15) is 0 Å². The van der Waals surface area contributed by atoms with Gasteiger partial charge in [-0.25, -0.2) is 4.98 Å². The monoisotopic (exact) mass is 306 g/mol. The predicted octanol–water partition coefficient (Wildman–Crippen LogP) is 2.69. The number of hydrogen-bond donors (Lipinski definition) is 1. The van der Waals surface area contributed by atoms with Gasteiger partial charge >= 0.3 is 0 Å². The molecule has 1 fully saturated rings. The summed E-state index contributed by atoms with van der Waals surface area (Å²) in [4.78, 5) is 26.4. The molecule has 0 aliphatic heterocycles. The summed E-state index contributed by atoms with van der Waals surface area (Å²) in [6.45, 7) is 0.637. The summed E-state index contributed by atoms with van der Waals surface area (Å²) in [6.07, 6.45) is 9.84. The number of pyridine rings is 2. The third-order valence-electron chi connectivity index (χ3n) is 4.26. The van der Waals surface area contributed by atoms with E-state index < -0.39 is 0 Å². The summed E-state index contributed by atoms with van der Waals surface area (Å²) in [6, 6.07) is 8.22. The van der Waals surface area contributed by atoms with Crippen LogP contribution in [0.4, 0.5) is 0 Å². The minimum absolute atomic E-state index is 0.168. The Balaban J connectivity index is 1.54. The Morgan fingerprint density at radius 3 is 2.91 bits per heavy atom. The molecule has 0 saturated heterocycles. The Morgan fingerprint density at radius 1 is 1.26 bits per heavy atom. The van der Waals surface area contributed by atoms with Crippen molar-refractivity contribution in [2.45, 2.75) is 31.8 Å². The molecular formula is C18H18N4O. The second-order valence-electron chi connectivity index (χ2n) is 6.00. The Labute approximate surface area is 134 Å². The summed E-state index contributed by atoms with van der Waals surface area (Å²) in [7, 11) is 0. The second-order valence-corrected chi connectivity index (χ2v) is 6.00. The van der Waals surface area contributed by atoms with Gasteiger partial charge in [0.15, 0.2) is 0 Å². The molecule has 0 spiro atoms. The fraction of sp³-hybridized carbons (Fsp3) is 0.278. The number of nitrogens with zero attached hydrogens (tertiary/aromatic N) is 3. The van der Waals surface area contributed by atoms with Crippen LogP contribution < -0.4 is 0 Å². The van der Waals surface area contributed by atoms with Crippen LogP contribution in [-0.2, 0) is 17.8 Å². The highest BCUT2D eigenvalue weighted by Crippen LogP contribution is 2.29. The van der Waals surface area contributed by atoms with Gasteiger partial charge in [-0.05, 0) is 42.2 Å². The number of hydrogen-bond acceptors (Lipinski definition) is 3. The van der Waals surface area contributed by atoms with Crippen molar-refractivity contribution in [3.8, 4) is 0 Å². The fourth-order valence-electron chi connectivity index (χ4n) is 2.92. The molecule has 1 N–H and O–H groups in total. The molecule has 1 aliphatic rings. The third kappa shape index (κ3) is 2.95. The Kier molecular flexibility index (Phi) is 3.54. The summed E-state index contributed by atoms with van der Waals surface area (Å²) in [5.74, 6) is 0.168. The highest BCUT2D eigenvalue weighted by molar-refractivity contribution is 5.87. The second kappa shape index (κ2) is 5.83. The van der Waals surface area contributed by atoms with E-state index in [4.69, 9.17) is 0 Å². The van der Waals surface area contributed by atoms with Crippen LogP contribution in [0.2, 0.25) is 0 Å². The third-order valence-corrected chi connectivity index (χ3v) is 4.26. The maximum atomic E-state index is 12.8. The zero-order valence-electron chi connectivity index (χ0n) is 12.8. The molecule has 0 unspecified atom stereocenters. The van der Waals surface area contributed by atoms with Crippen molar-refractivity contribution >= 4 is 16.9 Å². The van der Waals surface area contributed by atoms with Crippen LogP contribution in [0.1, 0.15) is 24.0 Å². The van der Waals surface area contributed by atoms with E-state index in [2.05, 4.69) is 15.0 Å². The first kappa shape index (κ1) is 13.9. The van der Waals surface area contributed by atoms with Crippen molar-refractivity contribution in [3.63, 3.8) is 0 Å². The van der Waals surface area contributed by atoms with Crippen LogP contribution in [0.3, 0.4) is 0 Å². The number of amides is 1. The molecule has 3 aromatic heterocycles. The number of carbonyl (C=O) groups excluding carboxylic acids is 1. The van der Waals surface area contributed by atoms with E-state index in [1.165, 1.54) is 0 Å². The molecule has 0 atom stereocenters. The van der Waals surface area contributed by atoms with Gasteiger partial charge in [0.25, 0.3) is 0 Å². The van der Waals surface area contributed by atoms with Gasteiger partial charge in [-0.3, -0.25) is 9.78 Å². The molecular weight excluding hydrogens is 288 g/mol. The van der Waals surface area contributed by atoms with E-state index >= 15 is 0 Å². The van der Waals surface area contributed by atoms with E-state index in [1.807, 2.05) is 41.6 Å². The van der Waals surface area contributed by atoms with Gasteiger partial charge in [0.1, 0.15) is 5.65 Å². The Bertz CT molecular complexity index is 823. The first-order valence-electron chi connectivity index (χ1n) is 7.90. The lowest BCUT2D eigenvalue weighted by molar-refractivity contribution is -0.131. The van der Waals surface area contributed by atoms with Crippen molar-refractivity contribution in [2.24, 2.45) is 0 Å². The lowest BCUT2D eigenvalue weighted by Gasteiger charge is -2.22. The molecule has 1 saturated carbocycles. The molecule has 0 radical (unpaired) electrons. The molecule has 1 amide bonds. The van der Waals surface area contributed by atoms with Gasteiger partial charge in [-0.1, -0.05) is 6.07 Å². The maximum Gasteiger partial charge on any atom is 0.227 e. The minimum atomic E-state index is 0.168. The highest BCUT2D eigenvalue weighted by Gasteiger charge is 2.32. The summed E-state index contributed by atoms with van der Waals surface area (Å²) in [5, 5.41) is 1.03. The van der Waals surface area contributed by atoms with E-state index in [0.29, 0.717) is 19.0 Å². The molecule has 116 valence electrons. The lowest BCUT2D eigenvalue weighted by atomic mass is 10.1. The maximum absolute atomic E-state index is 12.8. The van der Waals surface area contributed by atoms with Crippen molar-refractivity contribution in [3.05, 3.63) is 60.2 Å². The summed E-state index contributed by atoms with van der Waals surface area (Å²) in [5.41, 5.74) is 2.92. The number of nitrogens with one attached hydrogen (secondary N) is 1. The van der Waals surface area contributed by atoms with E-state index in [9.17, 15) is 4.79 Å². The number of carbonyl (C=O) groups is 1. The van der Waals surface area contributed by atoms with Crippen LogP contribution in [0, 0.1) is 0 Å². The van der Waals surface area contributed by atoms with Crippen LogP contribution in [0.25, 0.3) is 11.0 Å². The Hall–Kier alpha value is -2.69. The van der Waals surface area contributed by atoms with Gasteiger partial charge in [0, 0.05) is 42.8 Å². The number of rotatable bonds is 5. The number of aromatic amines is 1. The largest absolute Gasteiger partial charge is 0.346 e. The fourth-order valence-corrected chi connectivity index (χ4v) is 2.92. The molecule has 5 nitrogen and oxygen atoms in total. The molecule has 23 heavy (non-hydrogen) atoms. The average molecular weight is 306 g/mol. The molecule has 1 aliphatic carbocycles. The molecule has 5 heteroatoms. The normalized spacial score (nSPS) is 14.1. The van der Waals surface area contributed by atoms with Gasteiger partial charge in [0.2, 0.25) is 5.91 Å². The van der Waals surface area contributed by atoms with Crippen molar-refractivity contribution in [2.75, 3.05) is 0 Å². The van der Waals surface area contributed by atoms with Crippen molar-refractivity contribution in [1.82, 2.24) is 19.9 Å². The molecule has 4 rings (SSSR count). The lowest BCUT2D eigenvalue weighted by Crippen LogP contribution is -2.33. The molecule has 0 aromatic carbocycles. The smallest absolute Gasteiger partial charge is 0.227 e. The van der Waals surface area contributed by atoms with E-state index in [0.717, 1.165) is 35.0 Å². The number of fused-ring (bicyclic) bond motifs is 1. The zero-order valence-corrected chi connectivity index (χ0v) is 12.8.